The topological polar surface area (TPSA) is 88.2 Å². The van der Waals surface area contributed by atoms with Crippen molar-refractivity contribution >= 4 is 34.6 Å². The molecule has 0 radical (unpaired) electrons. The lowest BCUT2D eigenvalue weighted by atomic mass is 10.1. The number of benzene rings is 1. The van der Waals surface area contributed by atoms with Crippen molar-refractivity contribution in [1.82, 2.24) is 15.0 Å². The molecule has 1 saturated heterocycles. The van der Waals surface area contributed by atoms with Crippen molar-refractivity contribution in [2.75, 3.05) is 35.2 Å². The minimum atomic E-state index is -0.849. The lowest BCUT2D eigenvalue weighted by molar-refractivity contribution is 0.0983. The molecule has 1 amide bonds. The highest BCUT2D eigenvalue weighted by Crippen LogP contribution is 2.34. The van der Waals surface area contributed by atoms with E-state index in [0.717, 1.165) is 0 Å². The molecule has 5 rings (SSSR count). The summed E-state index contributed by atoms with van der Waals surface area (Å²) in [7, 11) is 0. The van der Waals surface area contributed by atoms with Gasteiger partial charge in [-0.15, -0.1) is 11.3 Å². The van der Waals surface area contributed by atoms with Gasteiger partial charge in [-0.1, -0.05) is 6.07 Å². The SMILES string of the molecule is Nc1cccc(N2CCc3nc(-c4cnc(N5CC[C@H](F)C5)nc4)sc3C2=O)c1F. The zero-order valence-electron chi connectivity index (χ0n) is 15.9. The summed E-state index contributed by atoms with van der Waals surface area (Å²) in [5.74, 6) is -0.409. The number of hydrogen-bond donors (Lipinski definition) is 1. The second kappa shape index (κ2) is 7.28. The molecular weight excluding hydrogens is 410 g/mol. The number of nitrogens with zero attached hydrogens (tertiary/aromatic N) is 5. The maximum absolute atomic E-state index is 14.4. The molecule has 0 bridgehead atoms. The van der Waals surface area contributed by atoms with Gasteiger partial charge in [0, 0.05) is 37.5 Å². The smallest absolute Gasteiger partial charge is 0.270 e. The minimum absolute atomic E-state index is 0.00501. The van der Waals surface area contributed by atoms with E-state index in [0.29, 0.717) is 59.6 Å². The fourth-order valence-electron chi connectivity index (χ4n) is 3.72. The van der Waals surface area contributed by atoms with Crippen LogP contribution in [0.4, 0.5) is 26.1 Å². The summed E-state index contributed by atoms with van der Waals surface area (Å²) >= 11 is 1.23. The third-order valence-corrected chi connectivity index (χ3v) is 6.44. The number of anilines is 3. The number of fused-ring (bicyclic) bond motifs is 1. The quantitative estimate of drug-likeness (QED) is 0.645. The molecule has 0 aliphatic carbocycles. The van der Waals surface area contributed by atoms with Crippen molar-refractivity contribution < 1.29 is 13.6 Å². The monoisotopic (exact) mass is 428 g/mol. The number of carbonyl (C=O) groups is 1. The van der Waals surface area contributed by atoms with Crippen LogP contribution < -0.4 is 15.5 Å². The first-order valence-corrected chi connectivity index (χ1v) is 10.4. The average molecular weight is 428 g/mol. The number of carbonyl (C=O) groups excluding carboxylic acids is 1. The van der Waals surface area contributed by atoms with E-state index in [1.165, 1.54) is 22.3 Å². The van der Waals surface area contributed by atoms with Gasteiger partial charge in [-0.05, 0) is 18.6 Å². The van der Waals surface area contributed by atoms with E-state index in [2.05, 4.69) is 15.0 Å². The van der Waals surface area contributed by atoms with Gasteiger partial charge in [0.2, 0.25) is 5.95 Å². The summed E-state index contributed by atoms with van der Waals surface area (Å²) in [5.41, 5.74) is 7.20. The maximum Gasteiger partial charge on any atom is 0.270 e. The van der Waals surface area contributed by atoms with E-state index in [1.807, 2.05) is 4.90 Å². The third kappa shape index (κ3) is 3.17. The molecule has 0 unspecified atom stereocenters. The van der Waals surface area contributed by atoms with E-state index in [9.17, 15) is 13.6 Å². The standard InChI is InChI=1S/C20H18F2N6OS/c21-12-4-6-27(10-12)20-24-8-11(9-25-20)18-26-14-5-7-28(19(29)17(14)30-18)15-3-1-2-13(23)16(15)22/h1-3,8-9,12H,4-7,10,23H2/t12-/m0/s1. The van der Waals surface area contributed by atoms with Crippen LogP contribution in [-0.2, 0) is 6.42 Å². The van der Waals surface area contributed by atoms with Gasteiger partial charge in [0.25, 0.3) is 5.91 Å². The van der Waals surface area contributed by atoms with Gasteiger partial charge in [0.15, 0.2) is 5.82 Å². The first-order chi connectivity index (χ1) is 14.5. The van der Waals surface area contributed by atoms with Crippen LogP contribution in [0.15, 0.2) is 30.6 Å². The Labute approximate surface area is 175 Å². The summed E-state index contributed by atoms with van der Waals surface area (Å²) in [6.45, 7) is 1.22. The molecule has 154 valence electrons. The molecule has 2 N–H and O–H groups in total. The van der Waals surface area contributed by atoms with E-state index < -0.39 is 12.0 Å². The van der Waals surface area contributed by atoms with Crippen LogP contribution in [0, 0.1) is 5.82 Å². The molecule has 1 aromatic carbocycles. The first-order valence-electron chi connectivity index (χ1n) is 9.58. The lowest BCUT2D eigenvalue weighted by Gasteiger charge is -2.26. The van der Waals surface area contributed by atoms with E-state index >= 15 is 0 Å². The van der Waals surface area contributed by atoms with Crippen LogP contribution in [0.25, 0.3) is 10.6 Å². The third-order valence-electron chi connectivity index (χ3n) is 5.31. The zero-order valence-corrected chi connectivity index (χ0v) is 16.7. The molecule has 10 heteroatoms. The van der Waals surface area contributed by atoms with Crippen molar-refractivity contribution in [3.8, 4) is 10.6 Å². The summed E-state index contributed by atoms with van der Waals surface area (Å²) in [5, 5.41) is 0.625. The highest BCUT2D eigenvalue weighted by atomic mass is 32.1. The van der Waals surface area contributed by atoms with Gasteiger partial charge < -0.3 is 15.5 Å². The number of hydrogen-bond acceptors (Lipinski definition) is 7. The van der Waals surface area contributed by atoms with Crippen LogP contribution >= 0.6 is 11.3 Å². The van der Waals surface area contributed by atoms with Crippen molar-refractivity contribution in [3.63, 3.8) is 0 Å². The molecule has 1 atom stereocenters. The predicted molar refractivity (Wildman–Crippen MR) is 111 cm³/mol. The first kappa shape index (κ1) is 18.9. The Morgan fingerprint density at radius 3 is 2.73 bits per heavy atom. The Kier molecular flexibility index (Phi) is 4.58. The molecule has 0 saturated carbocycles. The number of alkyl halides is 1. The normalized spacial score (nSPS) is 18.7. The highest BCUT2D eigenvalue weighted by Gasteiger charge is 2.31. The number of aromatic nitrogens is 3. The molecule has 2 aliphatic rings. The van der Waals surface area contributed by atoms with Crippen molar-refractivity contribution in [2.45, 2.75) is 19.0 Å². The number of halogens is 2. The molecular formula is C20H18F2N6OS. The fraction of sp³-hybridized carbons (Fsp3) is 0.300. The van der Waals surface area contributed by atoms with Crippen LogP contribution in [-0.4, -0.2) is 46.7 Å². The van der Waals surface area contributed by atoms with Gasteiger partial charge in [0.05, 0.1) is 23.6 Å². The highest BCUT2D eigenvalue weighted by molar-refractivity contribution is 7.17. The Morgan fingerprint density at radius 1 is 1.20 bits per heavy atom. The lowest BCUT2D eigenvalue weighted by Crippen LogP contribution is -2.37. The van der Waals surface area contributed by atoms with Gasteiger partial charge >= 0.3 is 0 Å². The summed E-state index contributed by atoms with van der Waals surface area (Å²) in [6.07, 6.45) is 3.42. The fourth-order valence-corrected chi connectivity index (χ4v) is 4.76. The van der Waals surface area contributed by atoms with Crippen LogP contribution in [0.3, 0.4) is 0 Å². The molecule has 1 fully saturated rings. The average Bonchev–Trinajstić information content (AvgIpc) is 3.38. The zero-order chi connectivity index (χ0) is 20.8. The second-order valence-corrected chi connectivity index (χ2v) is 8.28. The summed E-state index contributed by atoms with van der Waals surface area (Å²) < 4.78 is 27.8. The van der Waals surface area contributed by atoms with E-state index in [-0.39, 0.29) is 17.3 Å². The minimum Gasteiger partial charge on any atom is -0.396 e. The van der Waals surface area contributed by atoms with Crippen molar-refractivity contribution in [1.29, 1.82) is 0 Å². The molecule has 2 aromatic heterocycles. The van der Waals surface area contributed by atoms with Crippen molar-refractivity contribution in [2.24, 2.45) is 0 Å². The Balaban J connectivity index is 1.41. The second-order valence-electron chi connectivity index (χ2n) is 7.29. The van der Waals surface area contributed by atoms with Gasteiger partial charge in [-0.3, -0.25) is 4.79 Å². The molecule has 30 heavy (non-hydrogen) atoms. The van der Waals surface area contributed by atoms with Crippen LogP contribution in [0.5, 0.6) is 0 Å². The number of thiazole rings is 1. The summed E-state index contributed by atoms with van der Waals surface area (Å²) in [4.78, 5) is 29.9. The Morgan fingerprint density at radius 2 is 2.00 bits per heavy atom. The number of amides is 1. The summed E-state index contributed by atoms with van der Waals surface area (Å²) in [6, 6.07) is 4.63. The van der Waals surface area contributed by atoms with Crippen LogP contribution in [0.1, 0.15) is 21.8 Å². The predicted octanol–water partition coefficient (Wildman–Crippen LogP) is 3.07. The van der Waals surface area contributed by atoms with Crippen molar-refractivity contribution in [3.05, 3.63) is 47.0 Å². The molecule has 4 heterocycles. The molecule has 2 aliphatic heterocycles. The van der Waals surface area contributed by atoms with E-state index in [1.54, 1.807) is 24.5 Å². The largest absolute Gasteiger partial charge is 0.396 e. The number of nitrogen functional groups attached to an aromatic ring is 1. The molecule has 7 nitrogen and oxygen atoms in total. The maximum atomic E-state index is 14.4. The molecule has 3 aromatic rings. The Bertz CT molecular complexity index is 1120. The van der Waals surface area contributed by atoms with Gasteiger partial charge in [-0.25, -0.2) is 23.7 Å². The van der Waals surface area contributed by atoms with Gasteiger partial charge in [-0.2, -0.15) is 0 Å². The number of rotatable bonds is 3. The van der Waals surface area contributed by atoms with E-state index in [4.69, 9.17) is 5.73 Å². The molecule has 0 spiro atoms. The van der Waals surface area contributed by atoms with Crippen LogP contribution in [0.2, 0.25) is 0 Å². The number of nitrogens with two attached hydrogens (primary N) is 1. The Hall–Kier alpha value is -3.14. The van der Waals surface area contributed by atoms with Gasteiger partial charge in [0.1, 0.15) is 16.1 Å².